The zero-order chi connectivity index (χ0) is 7.40. The van der Waals surface area contributed by atoms with Crippen molar-refractivity contribution in [3.63, 3.8) is 0 Å². The second-order valence-corrected chi connectivity index (χ2v) is 3.06. The van der Waals surface area contributed by atoms with Gasteiger partial charge in [-0.2, -0.15) is 0 Å². The fourth-order valence-corrected chi connectivity index (χ4v) is 1.31. The summed E-state index contributed by atoms with van der Waals surface area (Å²) in [4.78, 5) is 0. The standard InChI is InChI=1S/C10H16.2ClH.Hf/c1-3-4-5-10-7-6-9(2)8-10;;;/h6,8H,3-5,7H2,1-2H3;2*1H;/p-2. The molecule has 0 nitrogen and oxygen atoms in total. The Bertz CT molecular complexity index is 174. The molecule has 0 aromatic heterocycles. The molecule has 0 amide bonds. The molecule has 76 valence electrons. The molecule has 0 radical (unpaired) electrons. The van der Waals surface area contributed by atoms with Crippen LogP contribution in [0.1, 0.15) is 39.5 Å². The molecule has 1 rings (SSSR count). The van der Waals surface area contributed by atoms with Crippen LogP contribution in [-0.4, -0.2) is 0 Å². The summed E-state index contributed by atoms with van der Waals surface area (Å²) in [7, 11) is 0. The van der Waals surface area contributed by atoms with Crippen molar-refractivity contribution in [2.45, 2.75) is 39.5 Å². The first kappa shape index (κ1) is 19.5. The molecular formula is C10H16Cl2Hf-2. The number of rotatable bonds is 3. The second kappa shape index (κ2) is 11.0. The molecule has 0 saturated carbocycles. The maximum atomic E-state index is 2.33. The van der Waals surface area contributed by atoms with Gasteiger partial charge < -0.3 is 24.8 Å². The first-order valence-electron chi connectivity index (χ1n) is 4.19. The third kappa shape index (κ3) is 7.96. The zero-order valence-corrected chi connectivity index (χ0v) is 13.3. The van der Waals surface area contributed by atoms with E-state index >= 15 is 0 Å². The molecule has 13 heavy (non-hydrogen) atoms. The SMILES string of the molecule is CCCCC1=CC(C)=CC1.[Cl-].[Cl-].[Hf]. The van der Waals surface area contributed by atoms with Crippen molar-refractivity contribution in [1.82, 2.24) is 0 Å². The van der Waals surface area contributed by atoms with Gasteiger partial charge in [-0.1, -0.05) is 36.6 Å². The Kier molecular flexibility index (Phi) is 16.5. The van der Waals surface area contributed by atoms with Gasteiger partial charge in [0.25, 0.3) is 0 Å². The Labute approximate surface area is 113 Å². The normalized spacial score (nSPS) is 13.1. The maximum absolute atomic E-state index is 2.33. The quantitative estimate of drug-likeness (QED) is 0.470. The Hall–Kier alpha value is 0.930. The number of hydrogen-bond donors (Lipinski definition) is 0. The second-order valence-electron chi connectivity index (χ2n) is 3.06. The van der Waals surface area contributed by atoms with E-state index in [-0.39, 0.29) is 50.7 Å². The molecule has 0 atom stereocenters. The summed E-state index contributed by atoms with van der Waals surface area (Å²) in [6.07, 6.45) is 9.83. The van der Waals surface area contributed by atoms with Crippen LogP contribution in [0.5, 0.6) is 0 Å². The third-order valence-electron chi connectivity index (χ3n) is 1.97. The number of allylic oxidation sites excluding steroid dienone is 4. The summed E-state index contributed by atoms with van der Waals surface area (Å²) < 4.78 is 0. The van der Waals surface area contributed by atoms with Gasteiger partial charge in [0.1, 0.15) is 0 Å². The molecule has 3 heteroatoms. The minimum Gasteiger partial charge on any atom is -1.00 e. The summed E-state index contributed by atoms with van der Waals surface area (Å²) in [6, 6.07) is 0. The molecule has 0 spiro atoms. The van der Waals surface area contributed by atoms with Crippen molar-refractivity contribution < 1.29 is 50.7 Å². The van der Waals surface area contributed by atoms with Gasteiger partial charge in [0.15, 0.2) is 0 Å². The van der Waals surface area contributed by atoms with Crippen LogP contribution in [0.15, 0.2) is 23.3 Å². The van der Waals surface area contributed by atoms with Gasteiger partial charge in [-0.25, -0.2) is 0 Å². The molecule has 0 aromatic carbocycles. The van der Waals surface area contributed by atoms with Gasteiger partial charge in [0, 0.05) is 25.8 Å². The minimum absolute atomic E-state index is 0. The fourth-order valence-electron chi connectivity index (χ4n) is 1.31. The average Bonchev–Trinajstić information content (AvgIpc) is 2.31. The Morgan fingerprint density at radius 2 is 1.92 bits per heavy atom. The van der Waals surface area contributed by atoms with Crippen LogP contribution in [0.25, 0.3) is 0 Å². The number of halogens is 2. The third-order valence-corrected chi connectivity index (χ3v) is 1.97. The molecule has 0 fully saturated rings. The van der Waals surface area contributed by atoms with Crippen LogP contribution in [-0.2, 0) is 25.8 Å². The maximum Gasteiger partial charge on any atom is 0 e. The number of unbranched alkanes of at least 4 members (excludes halogenated alkanes) is 1. The van der Waals surface area contributed by atoms with E-state index in [9.17, 15) is 0 Å². The molecule has 0 N–H and O–H groups in total. The molecule has 0 aromatic rings. The minimum atomic E-state index is 0. The van der Waals surface area contributed by atoms with Gasteiger partial charge in [-0.3, -0.25) is 0 Å². The summed E-state index contributed by atoms with van der Waals surface area (Å²) in [5.41, 5.74) is 3.07. The molecule has 1 aliphatic rings. The van der Waals surface area contributed by atoms with Crippen molar-refractivity contribution in [2.24, 2.45) is 0 Å². The predicted octanol–water partition coefficient (Wildman–Crippen LogP) is -2.54. The average molecular weight is 386 g/mol. The van der Waals surface area contributed by atoms with Crippen molar-refractivity contribution in [1.29, 1.82) is 0 Å². The van der Waals surface area contributed by atoms with Crippen LogP contribution in [0.2, 0.25) is 0 Å². The molecule has 0 saturated heterocycles. The zero-order valence-electron chi connectivity index (χ0n) is 8.24. The van der Waals surface area contributed by atoms with Gasteiger partial charge in [0.2, 0.25) is 0 Å². The van der Waals surface area contributed by atoms with E-state index in [0.29, 0.717) is 0 Å². The molecular weight excluding hydrogens is 370 g/mol. The summed E-state index contributed by atoms with van der Waals surface area (Å²) in [5.74, 6) is 0. The van der Waals surface area contributed by atoms with Crippen molar-refractivity contribution in [2.75, 3.05) is 0 Å². The Balaban J connectivity index is -0.000000333. The van der Waals surface area contributed by atoms with Crippen LogP contribution in [0.4, 0.5) is 0 Å². The summed E-state index contributed by atoms with van der Waals surface area (Å²) >= 11 is 0. The van der Waals surface area contributed by atoms with Gasteiger partial charge in [0.05, 0.1) is 0 Å². The van der Waals surface area contributed by atoms with Crippen LogP contribution < -0.4 is 24.8 Å². The van der Waals surface area contributed by atoms with Crippen molar-refractivity contribution >= 4 is 0 Å². The van der Waals surface area contributed by atoms with E-state index in [4.69, 9.17) is 0 Å². The van der Waals surface area contributed by atoms with E-state index in [2.05, 4.69) is 26.0 Å². The van der Waals surface area contributed by atoms with Gasteiger partial charge in [-0.15, -0.1) is 0 Å². The van der Waals surface area contributed by atoms with Crippen LogP contribution >= 0.6 is 0 Å². The molecule has 0 unspecified atom stereocenters. The Morgan fingerprint density at radius 3 is 2.31 bits per heavy atom. The van der Waals surface area contributed by atoms with Gasteiger partial charge >= 0.3 is 0 Å². The topological polar surface area (TPSA) is 0 Å². The number of hydrogen-bond acceptors (Lipinski definition) is 0. The van der Waals surface area contributed by atoms with Crippen molar-refractivity contribution in [3.8, 4) is 0 Å². The Morgan fingerprint density at radius 1 is 1.31 bits per heavy atom. The van der Waals surface area contributed by atoms with E-state index in [0.717, 1.165) is 0 Å². The monoisotopic (exact) mass is 386 g/mol. The van der Waals surface area contributed by atoms with E-state index in [1.54, 1.807) is 5.57 Å². The molecule has 0 bridgehead atoms. The summed E-state index contributed by atoms with van der Waals surface area (Å²) in [5, 5.41) is 0. The van der Waals surface area contributed by atoms with E-state index in [1.165, 1.54) is 31.3 Å². The van der Waals surface area contributed by atoms with Crippen LogP contribution in [0, 0.1) is 0 Å². The largest absolute Gasteiger partial charge is 1.00 e. The molecule has 0 heterocycles. The smallest absolute Gasteiger partial charge is 0 e. The predicted molar refractivity (Wildman–Crippen MR) is 46.0 cm³/mol. The molecule has 1 aliphatic carbocycles. The van der Waals surface area contributed by atoms with E-state index < -0.39 is 0 Å². The summed E-state index contributed by atoms with van der Waals surface area (Å²) in [6.45, 7) is 4.43. The first-order valence-corrected chi connectivity index (χ1v) is 4.19. The molecule has 0 aliphatic heterocycles. The van der Waals surface area contributed by atoms with Crippen molar-refractivity contribution in [3.05, 3.63) is 23.3 Å². The van der Waals surface area contributed by atoms with E-state index in [1.807, 2.05) is 0 Å². The van der Waals surface area contributed by atoms with Gasteiger partial charge in [-0.05, 0) is 26.2 Å². The first-order chi connectivity index (χ1) is 4.83. The van der Waals surface area contributed by atoms with Crippen LogP contribution in [0.3, 0.4) is 0 Å². The fraction of sp³-hybridized carbons (Fsp3) is 0.600.